The minimum atomic E-state index is -1.16. The van der Waals surface area contributed by atoms with Gasteiger partial charge in [-0.1, -0.05) is 17.7 Å². The van der Waals surface area contributed by atoms with E-state index in [1.165, 1.54) is 6.07 Å². The molecule has 0 saturated heterocycles. The van der Waals surface area contributed by atoms with E-state index in [2.05, 4.69) is 5.32 Å². The standard InChI is InChI=1S/C14H22FNO2/c1-11-4-5-13(15)12(10-11)14(2,17)6-7-16-8-9-18-3/h4-5,10,16-17H,6-9H2,1-3H3. The van der Waals surface area contributed by atoms with Crippen molar-refractivity contribution >= 4 is 0 Å². The van der Waals surface area contributed by atoms with Crippen LogP contribution in [0.2, 0.25) is 0 Å². The maximum absolute atomic E-state index is 13.7. The number of rotatable bonds is 7. The SMILES string of the molecule is COCCNCCC(C)(O)c1cc(C)ccc1F. The summed E-state index contributed by atoms with van der Waals surface area (Å²) in [7, 11) is 1.64. The summed E-state index contributed by atoms with van der Waals surface area (Å²) in [6, 6.07) is 4.80. The third kappa shape index (κ3) is 4.37. The zero-order valence-electron chi connectivity index (χ0n) is 11.3. The molecule has 0 aliphatic rings. The van der Waals surface area contributed by atoms with Crippen LogP contribution in [0, 0.1) is 12.7 Å². The van der Waals surface area contributed by atoms with Crippen molar-refractivity contribution in [2.24, 2.45) is 0 Å². The minimum absolute atomic E-state index is 0.357. The molecule has 18 heavy (non-hydrogen) atoms. The zero-order chi connectivity index (χ0) is 13.6. The summed E-state index contributed by atoms with van der Waals surface area (Å²) < 4.78 is 18.6. The molecule has 3 nitrogen and oxygen atoms in total. The Morgan fingerprint density at radius 1 is 1.39 bits per heavy atom. The fourth-order valence-corrected chi connectivity index (χ4v) is 1.82. The van der Waals surface area contributed by atoms with Crippen LogP contribution < -0.4 is 5.32 Å². The number of halogens is 1. The van der Waals surface area contributed by atoms with E-state index in [0.29, 0.717) is 25.1 Å². The Hall–Kier alpha value is -0.970. The molecule has 1 atom stereocenters. The van der Waals surface area contributed by atoms with Crippen LogP contribution in [0.4, 0.5) is 4.39 Å². The summed E-state index contributed by atoms with van der Waals surface area (Å²) in [5, 5.41) is 13.5. The van der Waals surface area contributed by atoms with Crippen LogP contribution in [0.25, 0.3) is 0 Å². The van der Waals surface area contributed by atoms with E-state index in [-0.39, 0.29) is 5.82 Å². The molecule has 0 fully saturated rings. The van der Waals surface area contributed by atoms with Gasteiger partial charge in [-0.15, -0.1) is 0 Å². The molecule has 1 aromatic rings. The Labute approximate surface area is 108 Å². The third-order valence-corrected chi connectivity index (χ3v) is 2.97. The molecule has 1 rings (SSSR count). The third-order valence-electron chi connectivity index (χ3n) is 2.97. The van der Waals surface area contributed by atoms with E-state index < -0.39 is 5.60 Å². The largest absolute Gasteiger partial charge is 0.385 e. The number of methoxy groups -OCH3 is 1. The van der Waals surface area contributed by atoms with Gasteiger partial charge in [-0.25, -0.2) is 4.39 Å². The predicted octanol–water partition coefficient (Wildman–Crippen LogP) is 1.97. The lowest BCUT2D eigenvalue weighted by Crippen LogP contribution is -2.30. The maximum atomic E-state index is 13.7. The van der Waals surface area contributed by atoms with Crippen molar-refractivity contribution in [2.75, 3.05) is 26.8 Å². The second-order valence-corrected chi connectivity index (χ2v) is 4.75. The Morgan fingerprint density at radius 3 is 2.78 bits per heavy atom. The molecule has 4 heteroatoms. The molecule has 0 amide bonds. The highest BCUT2D eigenvalue weighted by atomic mass is 19.1. The van der Waals surface area contributed by atoms with Gasteiger partial charge in [-0.3, -0.25) is 0 Å². The van der Waals surface area contributed by atoms with E-state index in [4.69, 9.17) is 4.74 Å². The van der Waals surface area contributed by atoms with Crippen molar-refractivity contribution in [1.82, 2.24) is 5.32 Å². The Kier molecular flexibility index (Phi) is 5.72. The average molecular weight is 255 g/mol. The fraction of sp³-hybridized carbons (Fsp3) is 0.571. The van der Waals surface area contributed by atoms with E-state index in [1.807, 2.05) is 6.92 Å². The van der Waals surface area contributed by atoms with Gasteiger partial charge in [0, 0.05) is 19.2 Å². The van der Waals surface area contributed by atoms with Crippen LogP contribution in [0.15, 0.2) is 18.2 Å². The summed E-state index contributed by atoms with van der Waals surface area (Å²) in [4.78, 5) is 0. The molecule has 2 N–H and O–H groups in total. The highest BCUT2D eigenvalue weighted by Crippen LogP contribution is 2.27. The number of aliphatic hydroxyl groups is 1. The summed E-state index contributed by atoms with van der Waals surface area (Å²) in [5.74, 6) is -0.359. The average Bonchev–Trinajstić information content (AvgIpc) is 2.32. The van der Waals surface area contributed by atoms with Gasteiger partial charge in [0.25, 0.3) is 0 Å². The molecule has 0 saturated carbocycles. The Balaban J connectivity index is 2.59. The molecule has 0 aromatic heterocycles. The van der Waals surface area contributed by atoms with E-state index in [0.717, 1.165) is 12.1 Å². The lowest BCUT2D eigenvalue weighted by Gasteiger charge is -2.25. The van der Waals surface area contributed by atoms with Crippen molar-refractivity contribution in [2.45, 2.75) is 25.9 Å². The zero-order valence-corrected chi connectivity index (χ0v) is 11.3. The molecule has 0 heterocycles. The van der Waals surface area contributed by atoms with Crippen LogP contribution in [-0.4, -0.2) is 31.9 Å². The monoisotopic (exact) mass is 255 g/mol. The molecule has 102 valence electrons. The van der Waals surface area contributed by atoms with Gasteiger partial charge in [-0.2, -0.15) is 0 Å². The van der Waals surface area contributed by atoms with Crippen LogP contribution in [0.1, 0.15) is 24.5 Å². The molecule has 0 radical (unpaired) electrons. The number of hydrogen-bond donors (Lipinski definition) is 2. The van der Waals surface area contributed by atoms with E-state index in [9.17, 15) is 9.50 Å². The topological polar surface area (TPSA) is 41.5 Å². The maximum Gasteiger partial charge on any atom is 0.129 e. The Morgan fingerprint density at radius 2 is 2.11 bits per heavy atom. The normalized spacial score (nSPS) is 14.5. The predicted molar refractivity (Wildman–Crippen MR) is 70.1 cm³/mol. The molecule has 1 aromatic carbocycles. The molecule has 0 aliphatic carbocycles. The summed E-state index contributed by atoms with van der Waals surface area (Å²) >= 11 is 0. The van der Waals surface area contributed by atoms with Crippen molar-refractivity contribution in [1.29, 1.82) is 0 Å². The number of nitrogens with one attached hydrogen (secondary N) is 1. The van der Waals surface area contributed by atoms with E-state index >= 15 is 0 Å². The highest BCUT2D eigenvalue weighted by molar-refractivity contribution is 5.28. The number of ether oxygens (including phenoxy) is 1. The van der Waals surface area contributed by atoms with Crippen LogP contribution in [0.3, 0.4) is 0 Å². The van der Waals surface area contributed by atoms with Crippen LogP contribution in [0.5, 0.6) is 0 Å². The Bertz CT molecular complexity index is 380. The van der Waals surface area contributed by atoms with Gasteiger partial charge in [0.05, 0.1) is 12.2 Å². The van der Waals surface area contributed by atoms with Gasteiger partial charge in [0.2, 0.25) is 0 Å². The van der Waals surface area contributed by atoms with Gasteiger partial charge in [0.15, 0.2) is 0 Å². The molecule has 0 spiro atoms. The van der Waals surface area contributed by atoms with Crippen molar-refractivity contribution in [3.05, 3.63) is 35.1 Å². The number of hydrogen-bond acceptors (Lipinski definition) is 3. The molecular weight excluding hydrogens is 233 g/mol. The van der Waals surface area contributed by atoms with Crippen molar-refractivity contribution in [3.63, 3.8) is 0 Å². The first-order valence-electron chi connectivity index (χ1n) is 6.16. The minimum Gasteiger partial charge on any atom is -0.385 e. The van der Waals surface area contributed by atoms with Gasteiger partial charge in [-0.05, 0) is 32.9 Å². The number of aryl methyl sites for hydroxylation is 1. The quantitative estimate of drug-likeness (QED) is 0.732. The van der Waals surface area contributed by atoms with E-state index in [1.54, 1.807) is 26.2 Å². The van der Waals surface area contributed by atoms with Gasteiger partial charge < -0.3 is 15.2 Å². The van der Waals surface area contributed by atoms with Crippen molar-refractivity contribution in [3.8, 4) is 0 Å². The van der Waals surface area contributed by atoms with Crippen LogP contribution in [-0.2, 0) is 10.3 Å². The summed E-state index contributed by atoms with van der Waals surface area (Å²) in [6.45, 7) is 5.49. The molecule has 0 aliphatic heterocycles. The summed E-state index contributed by atoms with van der Waals surface area (Å²) in [6.07, 6.45) is 0.455. The first kappa shape index (κ1) is 15.1. The molecule has 1 unspecified atom stereocenters. The number of benzene rings is 1. The first-order valence-corrected chi connectivity index (χ1v) is 6.16. The van der Waals surface area contributed by atoms with Crippen molar-refractivity contribution < 1.29 is 14.2 Å². The van der Waals surface area contributed by atoms with Gasteiger partial charge in [0.1, 0.15) is 5.82 Å². The van der Waals surface area contributed by atoms with Gasteiger partial charge >= 0.3 is 0 Å². The smallest absolute Gasteiger partial charge is 0.129 e. The lowest BCUT2D eigenvalue weighted by molar-refractivity contribution is 0.0438. The highest BCUT2D eigenvalue weighted by Gasteiger charge is 2.25. The second-order valence-electron chi connectivity index (χ2n) is 4.75. The second kappa shape index (κ2) is 6.83. The molecule has 0 bridgehead atoms. The summed E-state index contributed by atoms with van der Waals surface area (Å²) in [5.41, 5.74) is 0.144. The fourth-order valence-electron chi connectivity index (χ4n) is 1.82. The molecular formula is C14H22FNO2. The van der Waals surface area contributed by atoms with Crippen LogP contribution >= 0.6 is 0 Å². The first-order chi connectivity index (χ1) is 8.47. The lowest BCUT2D eigenvalue weighted by atomic mass is 9.91.